The maximum absolute atomic E-state index is 11.7. The lowest BCUT2D eigenvalue weighted by atomic mass is 9.92. The minimum absolute atomic E-state index is 0.493. The Morgan fingerprint density at radius 1 is 1.42 bits per heavy atom. The molecule has 0 heterocycles. The molecule has 0 bridgehead atoms. The second-order valence-corrected chi connectivity index (χ2v) is 5.33. The van der Waals surface area contributed by atoms with Crippen molar-refractivity contribution in [1.82, 2.24) is 5.32 Å². The van der Waals surface area contributed by atoms with Crippen LogP contribution >= 0.6 is 11.8 Å². The van der Waals surface area contributed by atoms with Gasteiger partial charge in [-0.3, -0.25) is 0 Å². The SMILES string of the molecule is CNC(CSCCCOC)(C(=O)O)c1ccccc1. The third-order valence-corrected chi connectivity index (χ3v) is 4.23. The van der Waals surface area contributed by atoms with Crippen LogP contribution in [0.3, 0.4) is 0 Å². The summed E-state index contributed by atoms with van der Waals surface area (Å²) in [5.74, 6) is 0.532. The van der Waals surface area contributed by atoms with E-state index in [9.17, 15) is 9.90 Å². The highest BCUT2D eigenvalue weighted by molar-refractivity contribution is 7.99. The Balaban J connectivity index is 2.74. The van der Waals surface area contributed by atoms with Crippen LogP contribution in [-0.2, 0) is 15.1 Å². The summed E-state index contributed by atoms with van der Waals surface area (Å²) in [4.78, 5) is 11.7. The second-order valence-electron chi connectivity index (χ2n) is 4.23. The molecule has 1 unspecified atom stereocenters. The predicted molar refractivity (Wildman–Crippen MR) is 78.6 cm³/mol. The first-order valence-corrected chi connectivity index (χ1v) is 7.37. The van der Waals surface area contributed by atoms with E-state index in [1.807, 2.05) is 30.3 Å². The van der Waals surface area contributed by atoms with Gasteiger partial charge < -0.3 is 15.2 Å². The fraction of sp³-hybridized carbons (Fsp3) is 0.500. The van der Waals surface area contributed by atoms with E-state index in [0.717, 1.165) is 17.7 Å². The highest BCUT2D eigenvalue weighted by Crippen LogP contribution is 2.26. The molecule has 0 aliphatic heterocycles. The summed E-state index contributed by atoms with van der Waals surface area (Å²) in [6, 6.07) is 9.30. The lowest BCUT2D eigenvalue weighted by molar-refractivity contribution is -0.144. The van der Waals surface area contributed by atoms with E-state index in [1.54, 1.807) is 25.9 Å². The van der Waals surface area contributed by atoms with Crippen molar-refractivity contribution in [3.05, 3.63) is 35.9 Å². The number of ether oxygens (including phenoxy) is 1. The number of carbonyl (C=O) groups is 1. The van der Waals surface area contributed by atoms with Gasteiger partial charge in [0.2, 0.25) is 0 Å². The zero-order chi connectivity index (χ0) is 14.1. The van der Waals surface area contributed by atoms with Crippen LogP contribution in [0.2, 0.25) is 0 Å². The zero-order valence-electron chi connectivity index (χ0n) is 11.4. The van der Waals surface area contributed by atoms with Crippen molar-refractivity contribution >= 4 is 17.7 Å². The lowest BCUT2D eigenvalue weighted by Gasteiger charge is -2.29. The van der Waals surface area contributed by atoms with Gasteiger partial charge in [0.25, 0.3) is 0 Å². The van der Waals surface area contributed by atoms with Gasteiger partial charge in [-0.05, 0) is 24.8 Å². The molecule has 5 heteroatoms. The molecule has 0 saturated heterocycles. The number of benzene rings is 1. The molecule has 1 atom stereocenters. The number of rotatable bonds is 9. The Hall–Kier alpha value is -1.04. The number of hydrogen-bond donors (Lipinski definition) is 2. The first kappa shape index (κ1) is 16.0. The number of carboxylic acids is 1. The van der Waals surface area contributed by atoms with Crippen molar-refractivity contribution in [2.24, 2.45) is 0 Å². The van der Waals surface area contributed by atoms with Gasteiger partial charge in [-0.25, -0.2) is 4.79 Å². The number of hydrogen-bond acceptors (Lipinski definition) is 4. The molecule has 0 radical (unpaired) electrons. The molecule has 0 fully saturated rings. The Kier molecular flexibility index (Phi) is 6.91. The summed E-state index contributed by atoms with van der Waals surface area (Å²) < 4.78 is 4.99. The van der Waals surface area contributed by atoms with Crippen molar-refractivity contribution in [1.29, 1.82) is 0 Å². The van der Waals surface area contributed by atoms with Gasteiger partial charge in [-0.15, -0.1) is 0 Å². The molecular formula is C14H21NO3S. The molecule has 2 N–H and O–H groups in total. The number of nitrogens with one attached hydrogen (secondary N) is 1. The number of thioether (sulfide) groups is 1. The maximum atomic E-state index is 11.7. The lowest BCUT2D eigenvalue weighted by Crippen LogP contribution is -2.49. The molecule has 0 spiro atoms. The molecule has 19 heavy (non-hydrogen) atoms. The predicted octanol–water partition coefficient (Wildman–Crippen LogP) is 1.96. The third kappa shape index (κ3) is 4.23. The van der Waals surface area contributed by atoms with E-state index < -0.39 is 11.5 Å². The second kappa shape index (κ2) is 8.19. The minimum atomic E-state index is -1.03. The third-order valence-electron chi connectivity index (χ3n) is 3.01. The van der Waals surface area contributed by atoms with Gasteiger partial charge in [-0.2, -0.15) is 11.8 Å². The van der Waals surface area contributed by atoms with Crippen molar-refractivity contribution in [3.63, 3.8) is 0 Å². The smallest absolute Gasteiger partial charge is 0.329 e. The molecule has 106 valence electrons. The van der Waals surface area contributed by atoms with Gasteiger partial charge in [0, 0.05) is 19.5 Å². The van der Waals surface area contributed by atoms with Gasteiger partial charge in [0.1, 0.15) is 0 Å². The molecule has 1 aromatic rings. The normalized spacial score (nSPS) is 14.0. The van der Waals surface area contributed by atoms with Gasteiger partial charge in [-0.1, -0.05) is 30.3 Å². The molecular weight excluding hydrogens is 262 g/mol. The van der Waals surface area contributed by atoms with Crippen LogP contribution in [0.4, 0.5) is 0 Å². The summed E-state index contributed by atoms with van der Waals surface area (Å²) in [6.45, 7) is 0.706. The molecule has 4 nitrogen and oxygen atoms in total. The largest absolute Gasteiger partial charge is 0.480 e. The standard InChI is InChI=1S/C14H21NO3S/c1-15-14(13(16)17,11-19-10-6-9-18-2)12-7-4-3-5-8-12/h3-5,7-8,15H,6,9-11H2,1-2H3,(H,16,17). The summed E-state index contributed by atoms with van der Waals surface area (Å²) in [6.07, 6.45) is 0.926. The van der Waals surface area contributed by atoms with Crippen LogP contribution in [0.15, 0.2) is 30.3 Å². The Morgan fingerprint density at radius 3 is 2.63 bits per heavy atom. The van der Waals surface area contributed by atoms with Crippen LogP contribution in [-0.4, -0.2) is 43.3 Å². The van der Waals surface area contributed by atoms with Crippen LogP contribution in [0.5, 0.6) is 0 Å². The first-order valence-electron chi connectivity index (χ1n) is 6.22. The molecule has 0 aliphatic carbocycles. The molecule has 0 aromatic heterocycles. The minimum Gasteiger partial charge on any atom is -0.480 e. The van der Waals surface area contributed by atoms with Crippen LogP contribution < -0.4 is 5.32 Å². The van der Waals surface area contributed by atoms with Crippen LogP contribution in [0, 0.1) is 0 Å². The molecule has 0 saturated carbocycles. The van der Waals surface area contributed by atoms with Crippen molar-refractivity contribution in [3.8, 4) is 0 Å². The van der Waals surface area contributed by atoms with E-state index in [2.05, 4.69) is 5.32 Å². The van der Waals surface area contributed by atoms with E-state index in [-0.39, 0.29) is 0 Å². The maximum Gasteiger partial charge on any atom is 0.329 e. The highest BCUT2D eigenvalue weighted by atomic mass is 32.2. The first-order chi connectivity index (χ1) is 9.17. The van der Waals surface area contributed by atoms with E-state index in [4.69, 9.17) is 4.74 Å². The highest BCUT2D eigenvalue weighted by Gasteiger charge is 2.38. The van der Waals surface area contributed by atoms with Gasteiger partial charge in [0.05, 0.1) is 0 Å². The Labute approximate surface area is 118 Å². The Bertz CT molecular complexity index is 386. The van der Waals surface area contributed by atoms with E-state index >= 15 is 0 Å². The molecule has 1 rings (SSSR count). The number of carboxylic acid groups (broad SMARTS) is 1. The fourth-order valence-corrected chi connectivity index (χ4v) is 3.05. The average molecular weight is 283 g/mol. The fourth-order valence-electron chi connectivity index (χ4n) is 1.85. The van der Waals surface area contributed by atoms with Gasteiger partial charge >= 0.3 is 5.97 Å². The number of methoxy groups -OCH3 is 1. The summed E-state index contributed by atoms with van der Waals surface area (Å²) >= 11 is 1.62. The summed E-state index contributed by atoms with van der Waals surface area (Å²) in [5, 5.41) is 12.5. The van der Waals surface area contributed by atoms with Crippen molar-refractivity contribution < 1.29 is 14.6 Å². The molecule has 0 amide bonds. The number of aliphatic carboxylic acids is 1. The molecule has 0 aliphatic rings. The quantitative estimate of drug-likeness (QED) is 0.678. The molecule has 1 aromatic carbocycles. The van der Waals surface area contributed by atoms with E-state index in [1.165, 1.54) is 0 Å². The van der Waals surface area contributed by atoms with Crippen molar-refractivity contribution in [2.45, 2.75) is 12.0 Å². The summed E-state index contributed by atoms with van der Waals surface area (Å²) in [5.41, 5.74) is -0.247. The number of likely N-dealkylation sites (N-methyl/N-ethyl adjacent to an activating group) is 1. The average Bonchev–Trinajstić information content (AvgIpc) is 2.44. The van der Waals surface area contributed by atoms with E-state index in [0.29, 0.717) is 12.4 Å². The topological polar surface area (TPSA) is 58.6 Å². The van der Waals surface area contributed by atoms with Gasteiger partial charge in [0.15, 0.2) is 5.54 Å². The van der Waals surface area contributed by atoms with Crippen molar-refractivity contribution in [2.75, 3.05) is 32.3 Å². The van der Waals surface area contributed by atoms with Crippen LogP contribution in [0.1, 0.15) is 12.0 Å². The zero-order valence-corrected chi connectivity index (χ0v) is 12.2. The monoisotopic (exact) mass is 283 g/mol. The summed E-state index contributed by atoms with van der Waals surface area (Å²) in [7, 11) is 3.36. The van der Waals surface area contributed by atoms with Crippen LogP contribution in [0.25, 0.3) is 0 Å². The Morgan fingerprint density at radius 2 is 2.11 bits per heavy atom.